The fourth-order valence-electron chi connectivity index (χ4n) is 4.95. The summed E-state index contributed by atoms with van der Waals surface area (Å²) in [6.07, 6.45) is 9.66. The van der Waals surface area contributed by atoms with Crippen LogP contribution in [0.5, 0.6) is 5.75 Å². The number of unbranched alkanes of at least 4 members (excludes halogenated alkanes) is 2. The molecule has 3 aromatic carbocycles. The molecule has 4 rings (SSSR count). The Hall–Kier alpha value is -3.86. The normalized spacial score (nSPS) is 13.2. The molecule has 1 aromatic heterocycles. The predicted octanol–water partition coefficient (Wildman–Crippen LogP) is 7.74. The Morgan fingerprint density at radius 1 is 0.947 bits per heavy atom. The minimum atomic E-state index is -0.743. The summed E-state index contributed by atoms with van der Waals surface area (Å²) in [6.45, 7) is 7.89. The Balaban J connectivity index is 1.68. The zero-order chi connectivity index (χ0) is 27.1. The number of para-hydroxylation sites is 1. The first-order valence-electron chi connectivity index (χ1n) is 13.5. The van der Waals surface area contributed by atoms with Crippen LogP contribution < -0.4 is 0 Å². The Kier molecular flexibility index (Phi) is 8.67. The molecular formula is C33H37FN2O2. The number of halogens is 1. The summed E-state index contributed by atoms with van der Waals surface area (Å²) in [6, 6.07) is 22.7. The van der Waals surface area contributed by atoms with Crippen molar-refractivity contribution in [3.8, 4) is 5.75 Å². The van der Waals surface area contributed by atoms with Gasteiger partial charge in [0.1, 0.15) is 0 Å². The molecule has 1 atom stereocenters. The van der Waals surface area contributed by atoms with Crippen LogP contribution in [0.3, 0.4) is 0 Å². The lowest BCUT2D eigenvalue weighted by atomic mass is 9.83. The Bertz CT molecular complexity index is 1400. The van der Waals surface area contributed by atoms with E-state index in [9.17, 15) is 14.3 Å². The first-order chi connectivity index (χ1) is 18.4. The average molecular weight is 513 g/mol. The molecular weight excluding hydrogens is 475 g/mol. The molecule has 5 heteroatoms. The second-order valence-electron chi connectivity index (χ2n) is 9.97. The number of fused-ring (bicyclic) bond motifs is 1. The molecule has 1 amide bonds. The number of hydrogen-bond donors (Lipinski definition) is 1. The zero-order valence-electron chi connectivity index (χ0n) is 22.5. The molecule has 0 spiro atoms. The van der Waals surface area contributed by atoms with Gasteiger partial charge in [0.05, 0.1) is 5.54 Å². The Morgan fingerprint density at radius 3 is 2.26 bits per heavy atom. The van der Waals surface area contributed by atoms with Gasteiger partial charge in [0.2, 0.25) is 5.91 Å². The standard InChI is InChI=1S/C33H37FN2O2/c1-4-6-21-35(22-7-5-2)32(38)19-14-25-12-15-27(16-13-25)33(3,28-17-18-31(37)29(34)24-28)36-23-20-26-10-8-9-11-30(26)36/h8-20,23-24,37H,4-7,21-22H2,1-3H3. The molecule has 1 N–H and O–H groups in total. The number of aromatic hydroxyl groups is 1. The first-order valence-corrected chi connectivity index (χ1v) is 13.5. The fraction of sp³-hybridized carbons (Fsp3) is 0.303. The van der Waals surface area contributed by atoms with E-state index in [2.05, 4.69) is 43.5 Å². The van der Waals surface area contributed by atoms with Crippen molar-refractivity contribution in [2.75, 3.05) is 13.1 Å². The highest BCUT2D eigenvalue weighted by atomic mass is 19.1. The van der Waals surface area contributed by atoms with Crippen molar-refractivity contribution in [3.63, 3.8) is 0 Å². The van der Waals surface area contributed by atoms with Crippen LogP contribution in [0.2, 0.25) is 0 Å². The highest BCUT2D eigenvalue weighted by Crippen LogP contribution is 2.38. The van der Waals surface area contributed by atoms with Crippen LogP contribution in [0.1, 0.15) is 63.1 Å². The summed E-state index contributed by atoms with van der Waals surface area (Å²) < 4.78 is 16.7. The summed E-state index contributed by atoms with van der Waals surface area (Å²) in [5.41, 5.74) is 2.88. The van der Waals surface area contributed by atoms with Crippen LogP contribution in [-0.2, 0) is 10.3 Å². The molecule has 0 aliphatic rings. The molecule has 0 fully saturated rings. The molecule has 1 unspecified atom stereocenters. The number of aromatic nitrogens is 1. The van der Waals surface area contributed by atoms with Crippen molar-refractivity contribution in [2.24, 2.45) is 0 Å². The van der Waals surface area contributed by atoms with E-state index in [4.69, 9.17) is 0 Å². The lowest BCUT2D eigenvalue weighted by Gasteiger charge is -2.34. The van der Waals surface area contributed by atoms with Crippen LogP contribution in [0, 0.1) is 5.82 Å². The maximum absolute atomic E-state index is 14.5. The number of rotatable bonds is 11. The molecule has 38 heavy (non-hydrogen) atoms. The molecule has 0 saturated heterocycles. The van der Waals surface area contributed by atoms with Gasteiger partial charge in [0, 0.05) is 30.9 Å². The van der Waals surface area contributed by atoms with Crippen LogP contribution in [0.25, 0.3) is 17.0 Å². The van der Waals surface area contributed by atoms with Gasteiger partial charge in [-0.2, -0.15) is 0 Å². The maximum atomic E-state index is 14.5. The van der Waals surface area contributed by atoms with E-state index in [0.29, 0.717) is 0 Å². The van der Waals surface area contributed by atoms with Gasteiger partial charge in [-0.25, -0.2) is 4.39 Å². The molecule has 0 saturated carbocycles. The summed E-state index contributed by atoms with van der Waals surface area (Å²) in [5, 5.41) is 10.9. The van der Waals surface area contributed by atoms with E-state index in [-0.39, 0.29) is 11.7 Å². The largest absolute Gasteiger partial charge is 0.505 e. The van der Waals surface area contributed by atoms with Crippen LogP contribution in [0.4, 0.5) is 4.39 Å². The number of nitrogens with zero attached hydrogens (tertiary/aromatic N) is 2. The van der Waals surface area contributed by atoms with Crippen molar-refractivity contribution in [3.05, 3.63) is 108 Å². The topological polar surface area (TPSA) is 45.5 Å². The predicted molar refractivity (Wildman–Crippen MR) is 154 cm³/mol. The van der Waals surface area contributed by atoms with Crippen LogP contribution >= 0.6 is 0 Å². The second-order valence-corrected chi connectivity index (χ2v) is 9.97. The van der Waals surface area contributed by atoms with Gasteiger partial charge in [0.25, 0.3) is 0 Å². The zero-order valence-corrected chi connectivity index (χ0v) is 22.5. The molecule has 0 aliphatic carbocycles. The summed E-state index contributed by atoms with van der Waals surface area (Å²) in [4.78, 5) is 14.8. The number of phenols is 1. The van der Waals surface area contributed by atoms with Crippen LogP contribution in [-0.4, -0.2) is 33.6 Å². The maximum Gasteiger partial charge on any atom is 0.246 e. The summed E-state index contributed by atoms with van der Waals surface area (Å²) >= 11 is 0. The molecule has 0 radical (unpaired) electrons. The van der Waals surface area contributed by atoms with E-state index in [1.54, 1.807) is 12.1 Å². The fourth-order valence-corrected chi connectivity index (χ4v) is 4.95. The van der Waals surface area contributed by atoms with Crippen molar-refractivity contribution < 1.29 is 14.3 Å². The molecule has 0 aliphatic heterocycles. The molecule has 198 valence electrons. The quantitative estimate of drug-likeness (QED) is 0.209. The van der Waals surface area contributed by atoms with Crippen molar-refractivity contribution in [1.29, 1.82) is 0 Å². The lowest BCUT2D eigenvalue weighted by Crippen LogP contribution is -2.32. The van der Waals surface area contributed by atoms with Crippen molar-refractivity contribution in [1.82, 2.24) is 9.47 Å². The van der Waals surface area contributed by atoms with E-state index in [1.807, 2.05) is 53.6 Å². The summed E-state index contributed by atoms with van der Waals surface area (Å²) in [7, 11) is 0. The number of benzene rings is 3. The van der Waals surface area contributed by atoms with Crippen LogP contribution in [0.15, 0.2) is 85.1 Å². The second kappa shape index (κ2) is 12.1. The number of phenolic OH excluding ortho intramolecular Hbond substituents is 1. The van der Waals surface area contributed by atoms with E-state index < -0.39 is 11.4 Å². The van der Waals surface area contributed by atoms with Gasteiger partial charge in [-0.15, -0.1) is 0 Å². The SMILES string of the molecule is CCCCN(CCCC)C(=O)C=Cc1ccc(C(C)(c2ccc(O)c(F)c2)n2ccc3ccccc32)cc1. The Labute approximate surface area is 225 Å². The minimum absolute atomic E-state index is 0.0409. The smallest absolute Gasteiger partial charge is 0.246 e. The van der Waals surface area contributed by atoms with Crippen molar-refractivity contribution >= 4 is 22.9 Å². The lowest BCUT2D eigenvalue weighted by molar-refractivity contribution is -0.126. The van der Waals surface area contributed by atoms with E-state index in [0.717, 1.165) is 66.4 Å². The van der Waals surface area contributed by atoms with Gasteiger partial charge in [-0.3, -0.25) is 4.79 Å². The van der Waals surface area contributed by atoms with Crippen molar-refractivity contribution in [2.45, 2.75) is 52.0 Å². The number of carbonyl (C=O) groups excluding carboxylic acids is 1. The Morgan fingerprint density at radius 2 is 1.61 bits per heavy atom. The molecule has 1 heterocycles. The monoisotopic (exact) mass is 512 g/mol. The van der Waals surface area contributed by atoms with Gasteiger partial charge in [-0.05, 0) is 72.2 Å². The molecule has 4 aromatic rings. The molecule has 4 nitrogen and oxygen atoms in total. The van der Waals surface area contributed by atoms with Gasteiger partial charge in [0.15, 0.2) is 11.6 Å². The third-order valence-electron chi connectivity index (χ3n) is 7.36. The number of carbonyl (C=O) groups is 1. The minimum Gasteiger partial charge on any atom is -0.505 e. The molecule has 0 bridgehead atoms. The highest BCUT2D eigenvalue weighted by molar-refractivity contribution is 5.91. The highest BCUT2D eigenvalue weighted by Gasteiger charge is 2.32. The third kappa shape index (κ3) is 5.67. The van der Waals surface area contributed by atoms with Gasteiger partial charge < -0.3 is 14.6 Å². The number of hydrogen-bond acceptors (Lipinski definition) is 2. The first kappa shape index (κ1) is 27.2. The van der Waals surface area contributed by atoms with Gasteiger partial charge in [-0.1, -0.05) is 75.2 Å². The third-order valence-corrected chi connectivity index (χ3v) is 7.36. The van der Waals surface area contributed by atoms with E-state index >= 15 is 0 Å². The van der Waals surface area contributed by atoms with Gasteiger partial charge >= 0.3 is 0 Å². The average Bonchev–Trinajstić information content (AvgIpc) is 3.38. The number of amides is 1. The van der Waals surface area contributed by atoms with E-state index in [1.165, 1.54) is 12.1 Å². The summed E-state index contributed by atoms with van der Waals surface area (Å²) in [5.74, 6) is -0.983.